The molecule has 6 heteroatoms. The monoisotopic (exact) mass is 478 g/mol. The van der Waals surface area contributed by atoms with Gasteiger partial charge in [0.05, 0.1) is 12.1 Å². The number of imidazole rings is 1. The predicted molar refractivity (Wildman–Crippen MR) is 144 cm³/mol. The topological polar surface area (TPSA) is 67.2 Å². The molecule has 0 bridgehead atoms. The number of anilines is 1. The Balaban J connectivity index is 1.57. The van der Waals surface area contributed by atoms with E-state index in [2.05, 4.69) is 11.9 Å². The van der Waals surface area contributed by atoms with Crippen molar-refractivity contribution in [2.75, 3.05) is 18.4 Å². The summed E-state index contributed by atoms with van der Waals surface area (Å²) in [6.07, 6.45) is 3.75. The van der Waals surface area contributed by atoms with Gasteiger partial charge in [0.25, 0.3) is 0 Å². The van der Waals surface area contributed by atoms with Crippen LogP contribution in [0.1, 0.15) is 16.7 Å². The number of hydrogen-bond donors (Lipinski definition) is 1. The van der Waals surface area contributed by atoms with Crippen molar-refractivity contribution in [3.8, 4) is 16.9 Å². The van der Waals surface area contributed by atoms with Crippen LogP contribution in [-0.4, -0.2) is 39.4 Å². The second-order valence-corrected chi connectivity index (χ2v) is 8.79. The van der Waals surface area contributed by atoms with E-state index >= 15 is 0 Å². The lowest BCUT2D eigenvalue weighted by molar-refractivity contribution is -0.133. The minimum atomic E-state index is -0.326. The van der Waals surface area contributed by atoms with Gasteiger partial charge in [-0.3, -0.25) is 19.5 Å². The average Bonchev–Trinajstić information content (AvgIpc) is 3.28. The number of aromatic nitrogens is 2. The van der Waals surface area contributed by atoms with Crippen molar-refractivity contribution in [1.82, 2.24) is 14.5 Å². The molecule has 0 unspecified atom stereocenters. The van der Waals surface area contributed by atoms with Crippen molar-refractivity contribution in [1.29, 1.82) is 0 Å². The van der Waals surface area contributed by atoms with Crippen molar-refractivity contribution in [2.45, 2.75) is 20.3 Å². The van der Waals surface area contributed by atoms with Crippen molar-refractivity contribution in [3.63, 3.8) is 0 Å². The Morgan fingerprint density at radius 3 is 2.22 bits per heavy atom. The van der Waals surface area contributed by atoms with E-state index in [-0.39, 0.29) is 31.3 Å². The molecule has 0 radical (unpaired) electrons. The first-order valence-electron chi connectivity index (χ1n) is 11.9. The van der Waals surface area contributed by atoms with Crippen LogP contribution < -0.4 is 5.32 Å². The lowest BCUT2D eigenvalue weighted by Crippen LogP contribution is -2.39. The highest BCUT2D eigenvalue weighted by molar-refractivity contribution is 5.94. The molecule has 0 spiro atoms. The third-order valence-electron chi connectivity index (χ3n) is 5.85. The second kappa shape index (κ2) is 11.3. The van der Waals surface area contributed by atoms with Gasteiger partial charge in [-0.05, 0) is 31.5 Å². The lowest BCUT2D eigenvalue weighted by atomic mass is 10.1. The number of nitrogens with zero attached hydrogens (tertiary/aromatic N) is 3. The van der Waals surface area contributed by atoms with Gasteiger partial charge in [0.15, 0.2) is 0 Å². The fourth-order valence-corrected chi connectivity index (χ4v) is 3.86. The minimum absolute atomic E-state index is 0.0989. The smallest absolute Gasteiger partial charge is 0.246 e. The van der Waals surface area contributed by atoms with Gasteiger partial charge in [-0.2, -0.15) is 0 Å². The number of carbonyl (C=O) groups is 2. The van der Waals surface area contributed by atoms with Crippen LogP contribution in [0.3, 0.4) is 0 Å². The standard InChI is InChI=1S/C30H30N4O2/c1-4-18-33(29(36)19-24-8-6-5-7-9-24)21-28(35)32-30-31-27(25-14-10-22(2)11-15-25)20-34(30)26-16-12-23(3)13-17-26/h4-17,20H,1,18-19,21H2,2-3H3,(H,31,32,35). The van der Waals surface area contributed by atoms with Crippen molar-refractivity contribution in [3.05, 3.63) is 114 Å². The Bertz CT molecular complexity index is 1340. The number of hydrogen-bond acceptors (Lipinski definition) is 3. The fourth-order valence-electron chi connectivity index (χ4n) is 3.86. The normalized spacial score (nSPS) is 10.6. The first kappa shape index (κ1) is 24.7. The summed E-state index contributed by atoms with van der Waals surface area (Å²) >= 11 is 0. The second-order valence-electron chi connectivity index (χ2n) is 8.79. The zero-order valence-corrected chi connectivity index (χ0v) is 20.6. The molecule has 0 saturated heterocycles. The third kappa shape index (κ3) is 6.16. The number of carbonyl (C=O) groups excluding carboxylic acids is 2. The first-order chi connectivity index (χ1) is 17.4. The molecule has 36 heavy (non-hydrogen) atoms. The molecule has 3 aromatic carbocycles. The van der Waals surface area contributed by atoms with Crippen molar-refractivity contribution < 1.29 is 9.59 Å². The van der Waals surface area contributed by atoms with E-state index in [0.717, 1.165) is 33.6 Å². The minimum Gasteiger partial charge on any atom is -0.329 e. The summed E-state index contributed by atoms with van der Waals surface area (Å²) in [4.78, 5) is 32.2. The van der Waals surface area contributed by atoms with Gasteiger partial charge in [0.2, 0.25) is 17.8 Å². The van der Waals surface area contributed by atoms with Gasteiger partial charge in [-0.25, -0.2) is 4.98 Å². The van der Waals surface area contributed by atoms with Gasteiger partial charge in [-0.15, -0.1) is 6.58 Å². The molecule has 6 nitrogen and oxygen atoms in total. The molecular weight excluding hydrogens is 448 g/mol. The van der Waals surface area contributed by atoms with Gasteiger partial charge in [0.1, 0.15) is 6.54 Å². The third-order valence-corrected chi connectivity index (χ3v) is 5.85. The Labute approximate surface area is 211 Å². The first-order valence-corrected chi connectivity index (χ1v) is 11.9. The Hall–Kier alpha value is -4.45. The maximum Gasteiger partial charge on any atom is 0.246 e. The maximum absolute atomic E-state index is 13.1. The maximum atomic E-state index is 13.1. The van der Waals surface area contributed by atoms with E-state index in [4.69, 9.17) is 4.98 Å². The van der Waals surface area contributed by atoms with E-state index in [0.29, 0.717) is 5.95 Å². The molecule has 1 aromatic heterocycles. The summed E-state index contributed by atoms with van der Waals surface area (Å²) in [6, 6.07) is 25.6. The zero-order chi connectivity index (χ0) is 25.5. The molecule has 2 amide bonds. The summed E-state index contributed by atoms with van der Waals surface area (Å²) in [5, 5.41) is 2.92. The van der Waals surface area contributed by atoms with Gasteiger partial charge in [-0.1, -0.05) is 83.9 Å². The molecule has 1 heterocycles. The summed E-state index contributed by atoms with van der Waals surface area (Å²) in [6.45, 7) is 7.98. The number of benzene rings is 3. The molecule has 1 N–H and O–H groups in total. The van der Waals surface area contributed by atoms with Crippen LogP contribution >= 0.6 is 0 Å². The predicted octanol–water partition coefficient (Wildman–Crippen LogP) is 5.35. The summed E-state index contributed by atoms with van der Waals surface area (Å²) in [5.74, 6) is -0.0698. The molecular formula is C30H30N4O2. The summed E-state index contributed by atoms with van der Waals surface area (Å²) in [7, 11) is 0. The lowest BCUT2D eigenvalue weighted by Gasteiger charge is -2.21. The Morgan fingerprint density at radius 2 is 1.58 bits per heavy atom. The summed E-state index contributed by atoms with van der Waals surface area (Å²) in [5.41, 5.74) is 5.77. The van der Waals surface area contributed by atoms with E-state index in [9.17, 15) is 9.59 Å². The fraction of sp³-hybridized carbons (Fsp3) is 0.167. The van der Waals surface area contributed by atoms with Crippen LogP contribution in [0.5, 0.6) is 0 Å². The number of amides is 2. The highest BCUT2D eigenvalue weighted by atomic mass is 16.2. The molecule has 0 aliphatic carbocycles. The Kier molecular flexibility index (Phi) is 7.75. The van der Waals surface area contributed by atoms with Crippen LogP contribution in [-0.2, 0) is 16.0 Å². The van der Waals surface area contributed by atoms with Crippen LogP contribution in [0.15, 0.2) is 97.7 Å². The largest absolute Gasteiger partial charge is 0.329 e. The highest BCUT2D eigenvalue weighted by Crippen LogP contribution is 2.25. The molecule has 0 atom stereocenters. The molecule has 0 aliphatic heterocycles. The molecule has 0 saturated carbocycles. The van der Waals surface area contributed by atoms with Crippen LogP contribution in [0.4, 0.5) is 5.95 Å². The van der Waals surface area contributed by atoms with Crippen LogP contribution in [0, 0.1) is 13.8 Å². The van der Waals surface area contributed by atoms with Gasteiger partial charge in [0, 0.05) is 24.0 Å². The SMILES string of the molecule is C=CCN(CC(=O)Nc1nc(-c2ccc(C)cc2)cn1-c1ccc(C)cc1)C(=O)Cc1ccccc1. The molecule has 4 aromatic rings. The van der Waals surface area contributed by atoms with Gasteiger partial charge < -0.3 is 4.90 Å². The highest BCUT2D eigenvalue weighted by Gasteiger charge is 2.19. The molecule has 4 rings (SSSR count). The number of aryl methyl sites for hydroxylation is 2. The van der Waals surface area contributed by atoms with E-state index in [1.807, 2.05) is 103 Å². The van der Waals surface area contributed by atoms with Gasteiger partial charge >= 0.3 is 0 Å². The van der Waals surface area contributed by atoms with E-state index < -0.39 is 0 Å². The molecule has 0 fully saturated rings. The van der Waals surface area contributed by atoms with Crippen LogP contribution in [0.2, 0.25) is 0 Å². The Morgan fingerprint density at radius 1 is 0.944 bits per heavy atom. The molecule has 0 aliphatic rings. The van der Waals surface area contributed by atoms with E-state index in [1.54, 1.807) is 6.08 Å². The van der Waals surface area contributed by atoms with Crippen molar-refractivity contribution >= 4 is 17.8 Å². The number of rotatable bonds is 9. The number of nitrogens with one attached hydrogen (secondary N) is 1. The molecule has 182 valence electrons. The summed E-state index contributed by atoms with van der Waals surface area (Å²) < 4.78 is 1.86. The van der Waals surface area contributed by atoms with Crippen LogP contribution in [0.25, 0.3) is 16.9 Å². The van der Waals surface area contributed by atoms with E-state index in [1.165, 1.54) is 4.90 Å². The zero-order valence-electron chi connectivity index (χ0n) is 20.6. The quantitative estimate of drug-likeness (QED) is 0.330. The average molecular weight is 479 g/mol. The van der Waals surface area contributed by atoms with Crippen molar-refractivity contribution in [2.24, 2.45) is 0 Å².